The molecule has 0 amide bonds. The molecule has 0 aromatic heterocycles. The fourth-order valence-corrected chi connectivity index (χ4v) is 1.46. The lowest BCUT2D eigenvalue weighted by Gasteiger charge is -2.08. The number of hydrogen-bond acceptors (Lipinski definition) is 4. The molecule has 0 radical (unpaired) electrons. The van der Waals surface area contributed by atoms with Crippen molar-refractivity contribution in [3.8, 4) is 0 Å². The van der Waals surface area contributed by atoms with Crippen molar-refractivity contribution < 1.29 is 14.4 Å². The van der Waals surface area contributed by atoms with Crippen molar-refractivity contribution in [2.75, 3.05) is 6.61 Å². The van der Waals surface area contributed by atoms with Crippen LogP contribution in [-0.2, 0) is 14.4 Å². The van der Waals surface area contributed by atoms with Gasteiger partial charge in [-0.1, -0.05) is 0 Å². The zero-order valence-corrected chi connectivity index (χ0v) is 6.45. The van der Waals surface area contributed by atoms with Crippen LogP contribution >= 0.6 is 0 Å². The van der Waals surface area contributed by atoms with Crippen LogP contribution in [0.3, 0.4) is 0 Å². The first-order chi connectivity index (χ1) is 5.33. The van der Waals surface area contributed by atoms with E-state index in [0.717, 1.165) is 12.8 Å². The van der Waals surface area contributed by atoms with Crippen LogP contribution in [0.2, 0.25) is 0 Å². The van der Waals surface area contributed by atoms with E-state index >= 15 is 0 Å². The monoisotopic (exact) mass is 157 g/mol. The van der Waals surface area contributed by atoms with Crippen LogP contribution in [0.4, 0.5) is 0 Å². The van der Waals surface area contributed by atoms with Gasteiger partial charge in [0, 0.05) is 0 Å². The van der Waals surface area contributed by atoms with Crippen LogP contribution in [0.5, 0.6) is 0 Å². The Morgan fingerprint density at radius 3 is 3.00 bits per heavy atom. The summed E-state index contributed by atoms with van der Waals surface area (Å²) in [5, 5.41) is 1.72. The molecule has 2 rings (SSSR count). The molecule has 0 aromatic rings. The highest BCUT2D eigenvalue weighted by Crippen LogP contribution is 2.37. The van der Waals surface area contributed by atoms with Gasteiger partial charge in [-0.2, -0.15) is 0 Å². The van der Waals surface area contributed by atoms with E-state index in [1.807, 2.05) is 6.92 Å². The number of ether oxygens (including phenoxy) is 1. The maximum Gasteiger partial charge on any atom is 0.325 e. The Morgan fingerprint density at radius 1 is 1.73 bits per heavy atom. The molecule has 2 aliphatic rings. The van der Waals surface area contributed by atoms with Gasteiger partial charge in [-0.25, -0.2) is 0 Å². The molecule has 11 heavy (non-hydrogen) atoms. The van der Waals surface area contributed by atoms with Crippen molar-refractivity contribution in [1.29, 1.82) is 0 Å². The number of esters is 1. The van der Waals surface area contributed by atoms with Crippen LogP contribution in [0.25, 0.3) is 0 Å². The SMILES string of the molecule is CCOC(=O)[C@@H]1CC[C@@H]2ON21. The van der Waals surface area contributed by atoms with E-state index in [0.29, 0.717) is 6.61 Å². The standard InChI is InChI=1S/C7H11NO3/c1-2-10-7(9)5-3-4-6-8(5)11-6/h5-6H,2-4H2,1H3/t5-,6-,8?/m0/s1. The lowest BCUT2D eigenvalue weighted by atomic mass is 10.2. The van der Waals surface area contributed by atoms with Gasteiger partial charge >= 0.3 is 5.97 Å². The average molecular weight is 157 g/mol. The van der Waals surface area contributed by atoms with E-state index in [4.69, 9.17) is 9.57 Å². The average Bonchev–Trinajstić information content (AvgIpc) is 2.63. The van der Waals surface area contributed by atoms with Gasteiger partial charge < -0.3 is 4.74 Å². The molecule has 0 N–H and O–H groups in total. The van der Waals surface area contributed by atoms with Gasteiger partial charge in [-0.05, 0) is 19.8 Å². The fourth-order valence-electron chi connectivity index (χ4n) is 1.46. The highest BCUT2D eigenvalue weighted by molar-refractivity contribution is 5.76. The Kier molecular flexibility index (Phi) is 1.58. The predicted molar refractivity (Wildman–Crippen MR) is 36.4 cm³/mol. The minimum Gasteiger partial charge on any atom is -0.465 e. The van der Waals surface area contributed by atoms with Crippen LogP contribution in [0, 0.1) is 0 Å². The Bertz CT molecular complexity index is 183. The largest absolute Gasteiger partial charge is 0.465 e. The number of fused-ring (bicyclic) bond motifs is 1. The Hall–Kier alpha value is -0.610. The molecule has 2 heterocycles. The summed E-state index contributed by atoms with van der Waals surface area (Å²) in [6.07, 6.45) is 2.05. The van der Waals surface area contributed by atoms with Gasteiger partial charge in [0.25, 0.3) is 0 Å². The second-order valence-electron chi connectivity index (χ2n) is 2.77. The van der Waals surface area contributed by atoms with E-state index in [2.05, 4.69) is 0 Å². The summed E-state index contributed by atoms with van der Waals surface area (Å²) < 4.78 is 4.86. The first-order valence-electron chi connectivity index (χ1n) is 3.94. The lowest BCUT2D eigenvalue weighted by Crippen LogP contribution is -2.27. The van der Waals surface area contributed by atoms with E-state index in [9.17, 15) is 4.79 Å². The third-order valence-corrected chi connectivity index (χ3v) is 2.03. The number of rotatable bonds is 2. The van der Waals surface area contributed by atoms with E-state index in [1.54, 1.807) is 5.06 Å². The zero-order chi connectivity index (χ0) is 7.84. The number of nitrogens with zero attached hydrogens (tertiary/aromatic N) is 1. The van der Waals surface area contributed by atoms with Gasteiger partial charge in [0.2, 0.25) is 0 Å². The Balaban J connectivity index is 1.89. The topological polar surface area (TPSA) is 41.8 Å². The van der Waals surface area contributed by atoms with Gasteiger partial charge in [-0.3, -0.25) is 9.63 Å². The third-order valence-electron chi connectivity index (χ3n) is 2.03. The van der Waals surface area contributed by atoms with Gasteiger partial charge in [0.15, 0.2) is 6.23 Å². The van der Waals surface area contributed by atoms with Crippen molar-refractivity contribution in [3.05, 3.63) is 0 Å². The molecule has 0 saturated carbocycles. The first-order valence-corrected chi connectivity index (χ1v) is 3.94. The van der Waals surface area contributed by atoms with Gasteiger partial charge in [-0.15, -0.1) is 5.06 Å². The number of hydrogen-bond donors (Lipinski definition) is 0. The maximum atomic E-state index is 11.1. The van der Waals surface area contributed by atoms with Gasteiger partial charge in [0.1, 0.15) is 6.04 Å². The summed E-state index contributed by atoms with van der Waals surface area (Å²) in [6.45, 7) is 2.27. The minimum atomic E-state index is -0.146. The van der Waals surface area contributed by atoms with E-state index in [1.165, 1.54) is 0 Å². The smallest absolute Gasteiger partial charge is 0.325 e. The number of carbonyl (C=O) groups is 1. The van der Waals surface area contributed by atoms with Gasteiger partial charge in [0.05, 0.1) is 6.61 Å². The molecule has 0 bridgehead atoms. The molecule has 62 valence electrons. The normalized spacial score (nSPS) is 39.9. The van der Waals surface area contributed by atoms with Crippen molar-refractivity contribution in [2.45, 2.75) is 32.0 Å². The zero-order valence-electron chi connectivity index (χ0n) is 6.45. The quantitative estimate of drug-likeness (QED) is 0.426. The van der Waals surface area contributed by atoms with Crippen LogP contribution in [0.1, 0.15) is 19.8 Å². The van der Waals surface area contributed by atoms with Crippen LogP contribution in [-0.4, -0.2) is 29.9 Å². The molecule has 2 aliphatic heterocycles. The fraction of sp³-hybridized carbons (Fsp3) is 0.857. The molecular formula is C7H11NO3. The Labute approximate surface area is 65.0 Å². The molecule has 3 atom stereocenters. The summed E-state index contributed by atoms with van der Waals surface area (Å²) in [7, 11) is 0. The molecule has 0 aliphatic carbocycles. The molecule has 4 nitrogen and oxygen atoms in total. The summed E-state index contributed by atoms with van der Waals surface area (Å²) in [6, 6.07) is -0.125. The Morgan fingerprint density at radius 2 is 2.55 bits per heavy atom. The number of hydroxylamine groups is 2. The summed E-state index contributed by atoms with van der Waals surface area (Å²) in [4.78, 5) is 16.2. The molecule has 4 heteroatoms. The lowest BCUT2D eigenvalue weighted by molar-refractivity contribution is -0.149. The molecule has 0 aromatic carbocycles. The minimum absolute atomic E-state index is 0.125. The summed E-state index contributed by atoms with van der Waals surface area (Å²) in [5.74, 6) is -0.146. The summed E-state index contributed by atoms with van der Waals surface area (Å²) in [5.41, 5.74) is 0. The van der Waals surface area contributed by atoms with Crippen molar-refractivity contribution in [1.82, 2.24) is 5.06 Å². The van der Waals surface area contributed by atoms with E-state index in [-0.39, 0.29) is 18.2 Å². The molecule has 2 saturated heterocycles. The molecule has 0 spiro atoms. The first kappa shape index (κ1) is 7.06. The van der Waals surface area contributed by atoms with Crippen LogP contribution in [0.15, 0.2) is 0 Å². The van der Waals surface area contributed by atoms with Crippen molar-refractivity contribution in [3.63, 3.8) is 0 Å². The highest BCUT2D eigenvalue weighted by Gasteiger charge is 2.51. The van der Waals surface area contributed by atoms with Crippen molar-refractivity contribution in [2.24, 2.45) is 0 Å². The number of carbonyl (C=O) groups excluding carboxylic acids is 1. The third kappa shape index (κ3) is 1.12. The second-order valence-corrected chi connectivity index (χ2v) is 2.77. The predicted octanol–water partition coefficient (Wildman–Crippen LogP) is 0.285. The highest BCUT2D eigenvalue weighted by atomic mass is 16.8. The summed E-state index contributed by atoms with van der Waals surface area (Å²) >= 11 is 0. The van der Waals surface area contributed by atoms with Crippen molar-refractivity contribution >= 4 is 5.97 Å². The molecular weight excluding hydrogens is 146 g/mol. The second kappa shape index (κ2) is 2.46. The van der Waals surface area contributed by atoms with Crippen LogP contribution < -0.4 is 0 Å². The maximum absolute atomic E-state index is 11.1. The molecule has 2 fully saturated rings. The van der Waals surface area contributed by atoms with E-state index < -0.39 is 0 Å². The molecule has 1 unspecified atom stereocenters.